The van der Waals surface area contributed by atoms with E-state index < -0.39 is 11.4 Å². The highest BCUT2D eigenvalue weighted by Gasteiger charge is 2.32. The third-order valence-corrected chi connectivity index (χ3v) is 2.98. The second-order valence-corrected chi connectivity index (χ2v) is 4.66. The van der Waals surface area contributed by atoms with E-state index in [4.69, 9.17) is 21.1 Å². The summed E-state index contributed by atoms with van der Waals surface area (Å²) >= 11 is 5.89. The highest BCUT2D eigenvalue weighted by atomic mass is 35.5. The quantitative estimate of drug-likeness (QED) is 0.872. The van der Waals surface area contributed by atoms with Gasteiger partial charge in [0.2, 0.25) is 0 Å². The lowest BCUT2D eigenvalue weighted by molar-refractivity contribution is -0.142. The molecule has 0 radical (unpaired) electrons. The SMILES string of the molecule is CC(C)(C(=O)O)c1coc2ccc(Cl)cc12. The second kappa shape index (κ2) is 3.52. The fourth-order valence-electron chi connectivity index (χ4n) is 1.60. The van der Waals surface area contributed by atoms with Gasteiger partial charge in [-0.2, -0.15) is 0 Å². The third-order valence-electron chi connectivity index (χ3n) is 2.74. The van der Waals surface area contributed by atoms with Gasteiger partial charge < -0.3 is 9.52 Å². The van der Waals surface area contributed by atoms with Crippen LogP contribution in [-0.4, -0.2) is 11.1 Å². The molecule has 0 aliphatic heterocycles. The molecular weight excluding hydrogens is 228 g/mol. The molecule has 0 saturated carbocycles. The molecule has 0 spiro atoms. The fraction of sp³-hybridized carbons (Fsp3) is 0.250. The summed E-state index contributed by atoms with van der Waals surface area (Å²) < 4.78 is 5.32. The molecule has 2 rings (SSSR count). The van der Waals surface area contributed by atoms with Gasteiger partial charge in [0.15, 0.2) is 0 Å². The van der Waals surface area contributed by atoms with E-state index in [0.717, 1.165) is 5.39 Å². The minimum Gasteiger partial charge on any atom is -0.481 e. The molecule has 0 aliphatic carbocycles. The number of halogens is 1. The summed E-state index contributed by atoms with van der Waals surface area (Å²) in [5.41, 5.74) is 0.293. The summed E-state index contributed by atoms with van der Waals surface area (Å²) in [6.07, 6.45) is 1.48. The first-order chi connectivity index (χ1) is 7.43. The number of carboxylic acids is 1. The highest BCUT2D eigenvalue weighted by molar-refractivity contribution is 6.31. The zero-order chi connectivity index (χ0) is 11.9. The topological polar surface area (TPSA) is 50.4 Å². The molecule has 2 aromatic rings. The van der Waals surface area contributed by atoms with Crippen LogP contribution in [0.4, 0.5) is 0 Å². The van der Waals surface area contributed by atoms with Gasteiger partial charge in [-0.15, -0.1) is 0 Å². The van der Waals surface area contributed by atoms with Crippen LogP contribution in [0.3, 0.4) is 0 Å². The van der Waals surface area contributed by atoms with Crippen LogP contribution < -0.4 is 0 Å². The van der Waals surface area contributed by atoms with E-state index in [-0.39, 0.29) is 0 Å². The number of carboxylic acid groups (broad SMARTS) is 1. The van der Waals surface area contributed by atoms with Crippen LogP contribution in [0, 0.1) is 0 Å². The van der Waals surface area contributed by atoms with Crippen LogP contribution in [0.15, 0.2) is 28.9 Å². The monoisotopic (exact) mass is 238 g/mol. The Morgan fingerprint density at radius 1 is 1.44 bits per heavy atom. The summed E-state index contributed by atoms with van der Waals surface area (Å²) in [4.78, 5) is 11.2. The lowest BCUT2D eigenvalue weighted by atomic mass is 9.85. The number of fused-ring (bicyclic) bond motifs is 1. The Labute approximate surface area is 97.6 Å². The number of carbonyl (C=O) groups is 1. The Balaban J connectivity index is 2.70. The van der Waals surface area contributed by atoms with Gasteiger partial charge in [0.1, 0.15) is 5.58 Å². The van der Waals surface area contributed by atoms with Gasteiger partial charge in [0.25, 0.3) is 0 Å². The first-order valence-electron chi connectivity index (χ1n) is 4.83. The van der Waals surface area contributed by atoms with Crippen LogP contribution in [0.5, 0.6) is 0 Å². The Bertz CT molecular complexity index is 554. The first-order valence-corrected chi connectivity index (χ1v) is 5.21. The highest BCUT2D eigenvalue weighted by Crippen LogP contribution is 2.33. The lowest BCUT2D eigenvalue weighted by Gasteiger charge is -2.17. The zero-order valence-electron chi connectivity index (χ0n) is 8.95. The standard InChI is InChI=1S/C12H11ClO3/c1-12(2,11(14)15)9-6-16-10-4-3-7(13)5-8(9)10/h3-6H,1-2H3,(H,14,15). The summed E-state index contributed by atoms with van der Waals surface area (Å²) in [6.45, 7) is 3.28. The second-order valence-electron chi connectivity index (χ2n) is 4.22. The minimum absolute atomic E-state index is 0.566. The van der Waals surface area contributed by atoms with Crippen molar-refractivity contribution >= 4 is 28.5 Å². The molecule has 0 atom stereocenters. The molecule has 0 bridgehead atoms. The van der Waals surface area contributed by atoms with Crippen molar-refractivity contribution in [1.29, 1.82) is 0 Å². The Morgan fingerprint density at radius 3 is 2.75 bits per heavy atom. The molecule has 84 valence electrons. The van der Waals surface area contributed by atoms with Crippen LogP contribution in [0.2, 0.25) is 5.02 Å². The van der Waals surface area contributed by atoms with E-state index >= 15 is 0 Å². The molecule has 1 heterocycles. The van der Waals surface area contributed by atoms with Crippen molar-refractivity contribution in [3.8, 4) is 0 Å². The van der Waals surface area contributed by atoms with E-state index in [1.54, 1.807) is 32.0 Å². The average Bonchev–Trinajstić information content (AvgIpc) is 2.60. The Kier molecular flexibility index (Phi) is 2.43. The lowest BCUT2D eigenvalue weighted by Crippen LogP contribution is -2.28. The van der Waals surface area contributed by atoms with Crippen LogP contribution in [0.1, 0.15) is 19.4 Å². The van der Waals surface area contributed by atoms with Crippen molar-refractivity contribution in [1.82, 2.24) is 0 Å². The zero-order valence-corrected chi connectivity index (χ0v) is 9.71. The molecule has 0 fully saturated rings. The molecule has 0 unspecified atom stereocenters. The molecule has 3 nitrogen and oxygen atoms in total. The van der Waals surface area contributed by atoms with Crippen molar-refractivity contribution in [3.05, 3.63) is 35.0 Å². The summed E-state index contributed by atoms with van der Waals surface area (Å²) in [6, 6.07) is 5.17. The van der Waals surface area contributed by atoms with Gasteiger partial charge in [-0.1, -0.05) is 11.6 Å². The van der Waals surface area contributed by atoms with Crippen LogP contribution in [-0.2, 0) is 10.2 Å². The van der Waals surface area contributed by atoms with E-state index in [9.17, 15) is 4.79 Å². The van der Waals surface area contributed by atoms with Gasteiger partial charge in [0.05, 0.1) is 11.7 Å². The van der Waals surface area contributed by atoms with E-state index in [2.05, 4.69) is 0 Å². The molecule has 4 heteroatoms. The molecule has 1 aromatic heterocycles. The van der Waals surface area contributed by atoms with Crippen molar-refractivity contribution in [3.63, 3.8) is 0 Å². The smallest absolute Gasteiger partial charge is 0.313 e. The van der Waals surface area contributed by atoms with Crippen molar-refractivity contribution in [2.24, 2.45) is 0 Å². The predicted molar refractivity (Wildman–Crippen MR) is 61.9 cm³/mol. The van der Waals surface area contributed by atoms with Gasteiger partial charge in [0, 0.05) is 16.0 Å². The Morgan fingerprint density at radius 2 is 2.12 bits per heavy atom. The van der Waals surface area contributed by atoms with Gasteiger partial charge >= 0.3 is 5.97 Å². The van der Waals surface area contributed by atoms with Gasteiger partial charge in [-0.05, 0) is 32.0 Å². The number of rotatable bonds is 2. The summed E-state index contributed by atoms with van der Waals surface area (Å²) in [5.74, 6) is -0.893. The van der Waals surface area contributed by atoms with E-state index in [1.807, 2.05) is 0 Å². The number of hydrogen-bond acceptors (Lipinski definition) is 2. The Hall–Kier alpha value is -1.48. The van der Waals surface area contributed by atoms with Crippen molar-refractivity contribution in [2.75, 3.05) is 0 Å². The fourth-order valence-corrected chi connectivity index (χ4v) is 1.77. The van der Waals surface area contributed by atoms with E-state index in [1.165, 1.54) is 6.26 Å². The number of benzene rings is 1. The van der Waals surface area contributed by atoms with E-state index in [0.29, 0.717) is 16.2 Å². The molecule has 0 aliphatic rings. The summed E-state index contributed by atoms with van der Waals surface area (Å²) in [7, 11) is 0. The normalized spacial score (nSPS) is 11.9. The maximum absolute atomic E-state index is 11.2. The number of furan rings is 1. The van der Waals surface area contributed by atoms with Crippen LogP contribution in [0.25, 0.3) is 11.0 Å². The first kappa shape index (κ1) is 11.0. The van der Waals surface area contributed by atoms with Gasteiger partial charge in [-0.25, -0.2) is 0 Å². The maximum Gasteiger partial charge on any atom is 0.313 e. The molecule has 1 N–H and O–H groups in total. The minimum atomic E-state index is -0.990. The molecule has 0 saturated heterocycles. The van der Waals surface area contributed by atoms with Crippen molar-refractivity contribution in [2.45, 2.75) is 19.3 Å². The maximum atomic E-state index is 11.2. The van der Waals surface area contributed by atoms with Crippen molar-refractivity contribution < 1.29 is 14.3 Å². The van der Waals surface area contributed by atoms with Crippen LogP contribution >= 0.6 is 11.6 Å². The largest absolute Gasteiger partial charge is 0.481 e. The molecular formula is C12H11ClO3. The average molecular weight is 239 g/mol. The molecule has 1 aromatic carbocycles. The third kappa shape index (κ3) is 1.57. The molecule has 16 heavy (non-hydrogen) atoms. The number of aliphatic carboxylic acids is 1. The number of hydrogen-bond donors (Lipinski definition) is 1. The summed E-state index contributed by atoms with van der Waals surface area (Å²) in [5, 5.41) is 10.5. The molecule has 0 amide bonds. The van der Waals surface area contributed by atoms with Gasteiger partial charge in [-0.3, -0.25) is 4.79 Å². The predicted octanol–water partition coefficient (Wildman–Crippen LogP) is 3.45.